The highest BCUT2D eigenvalue weighted by Crippen LogP contribution is 2.21. The number of nitrogens with zero attached hydrogens (tertiary/aromatic N) is 3. The van der Waals surface area contributed by atoms with Gasteiger partial charge in [-0.1, -0.05) is 36.4 Å². The average molecular weight is 458 g/mol. The van der Waals surface area contributed by atoms with Crippen molar-refractivity contribution in [1.82, 2.24) is 14.1 Å². The van der Waals surface area contributed by atoms with E-state index in [0.29, 0.717) is 44.8 Å². The minimum absolute atomic E-state index is 0.0400. The lowest BCUT2D eigenvalue weighted by Gasteiger charge is -2.35. The molecule has 0 aliphatic carbocycles. The number of piperazine rings is 1. The summed E-state index contributed by atoms with van der Waals surface area (Å²) in [5.74, 6) is -0.156. The molecule has 2 heterocycles. The molecule has 0 saturated carbocycles. The average Bonchev–Trinajstić information content (AvgIpc) is 2.79. The van der Waals surface area contributed by atoms with Gasteiger partial charge in [0.1, 0.15) is 0 Å². The SMILES string of the molecule is C[C@H]1CN(C(=O)c2cccc(S(=O)(=O)N3CCN(Cc4ccccc4)CC3)c2)C[C@H](C)O1. The molecule has 7 nitrogen and oxygen atoms in total. The van der Waals surface area contributed by atoms with Crippen LogP contribution in [0.4, 0.5) is 0 Å². The Morgan fingerprint density at radius 1 is 0.938 bits per heavy atom. The van der Waals surface area contributed by atoms with Crippen LogP contribution in [0.15, 0.2) is 59.5 Å². The Hall–Kier alpha value is -2.26. The summed E-state index contributed by atoms with van der Waals surface area (Å²) in [6, 6.07) is 16.6. The molecule has 2 aromatic rings. The highest BCUT2D eigenvalue weighted by molar-refractivity contribution is 7.89. The molecule has 8 heteroatoms. The number of hydrogen-bond acceptors (Lipinski definition) is 5. The number of rotatable bonds is 5. The summed E-state index contributed by atoms with van der Waals surface area (Å²) in [5, 5.41) is 0. The van der Waals surface area contributed by atoms with E-state index in [9.17, 15) is 13.2 Å². The molecule has 2 aromatic carbocycles. The highest BCUT2D eigenvalue weighted by Gasteiger charge is 2.30. The predicted molar refractivity (Wildman–Crippen MR) is 123 cm³/mol. The number of amides is 1. The fraction of sp³-hybridized carbons (Fsp3) is 0.458. The minimum atomic E-state index is -3.66. The molecule has 2 aliphatic heterocycles. The van der Waals surface area contributed by atoms with E-state index in [-0.39, 0.29) is 23.0 Å². The minimum Gasteiger partial charge on any atom is -0.372 e. The zero-order valence-corrected chi connectivity index (χ0v) is 19.5. The van der Waals surface area contributed by atoms with E-state index in [0.717, 1.165) is 6.54 Å². The lowest BCUT2D eigenvalue weighted by Crippen LogP contribution is -2.48. The Morgan fingerprint density at radius 2 is 1.59 bits per heavy atom. The molecule has 2 atom stereocenters. The molecule has 2 saturated heterocycles. The molecule has 1 amide bonds. The fourth-order valence-electron chi connectivity index (χ4n) is 4.43. The van der Waals surface area contributed by atoms with Crippen molar-refractivity contribution in [3.63, 3.8) is 0 Å². The fourth-order valence-corrected chi connectivity index (χ4v) is 5.90. The first kappa shape index (κ1) is 22.9. The van der Waals surface area contributed by atoms with Crippen molar-refractivity contribution >= 4 is 15.9 Å². The van der Waals surface area contributed by atoms with Gasteiger partial charge in [-0.05, 0) is 37.6 Å². The van der Waals surface area contributed by atoms with E-state index < -0.39 is 10.0 Å². The second-order valence-electron chi connectivity index (χ2n) is 8.66. The molecular formula is C24H31N3O4S. The first-order valence-corrected chi connectivity index (χ1v) is 12.6. The summed E-state index contributed by atoms with van der Waals surface area (Å²) in [5.41, 5.74) is 1.62. The van der Waals surface area contributed by atoms with E-state index in [1.165, 1.54) is 15.9 Å². The Bertz CT molecular complexity index is 1030. The van der Waals surface area contributed by atoms with Gasteiger partial charge >= 0.3 is 0 Å². The molecule has 2 aliphatic rings. The summed E-state index contributed by atoms with van der Waals surface area (Å²) in [6.45, 7) is 7.93. The third-order valence-corrected chi connectivity index (χ3v) is 7.90. The van der Waals surface area contributed by atoms with Gasteiger partial charge in [0, 0.05) is 51.4 Å². The van der Waals surface area contributed by atoms with Crippen LogP contribution in [0.25, 0.3) is 0 Å². The van der Waals surface area contributed by atoms with Crippen LogP contribution in [0.3, 0.4) is 0 Å². The smallest absolute Gasteiger partial charge is 0.254 e. The zero-order valence-electron chi connectivity index (χ0n) is 18.7. The van der Waals surface area contributed by atoms with Gasteiger partial charge in [-0.25, -0.2) is 8.42 Å². The molecule has 32 heavy (non-hydrogen) atoms. The number of sulfonamides is 1. The summed E-state index contributed by atoms with van der Waals surface area (Å²) in [4.78, 5) is 17.2. The van der Waals surface area contributed by atoms with Crippen LogP contribution >= 0.6 is 0 Å². The molecule has 0 unspecified atom stereocenters. The summed E-state index contributed by atoms with van der Waals surface area (Å²) in [7, 11) is -3.66. The number of hydrogen-bond donors (Lipinski definition) is 0. The zero-order chi connectivity index (χ0) is 22.7. The topological polar surface area (TPSA) is 70.2 Å². The number of carbonyl (C=O) groups excluding carboxylic acids is 1. The van der Waals surface area contributed by atoms with Gasteiger partial charge in [0.2, 0.25) is 10.0 Å². The molecule has 2 fully saturated rings. The molecule has 0 N–H and O–H groups in total. The van der Waals surface area contributed by atoms with Gasteiger partial charge in [-0.3, -0.25) is 9.69 Å². The van der Waals surface area contributed by atoms with Crippen molar-refractivity contribution in [3.05, 3.63) is 65.7 Å². The monoisotopic (exact) mass is 457 g/mol. The lowest BCUT2D eigenvalue weighted by molar-refractivity contribution is -0.0586. The quantitative estimate of drug-likeness (QED) is 0.690. The summed E-state index contributed by atoms with van der Waals surface area (Å²) < 4.78 is 33.8. The predicted octanol–water partition coefficient (Wildman–Crippen LogP) is 2.44. The van der Waals surface area contributed by atoms with Crippen LogP contribution in [-0.4, -0.2) is 79.9 Å². The van der Waals surface area contributed by atoms with Gasteiger partial charge in [0.15, 0.2) is 0 Å². The molecular weight excluding hydrogens is 426 g/mol. The first-order chi connectivity index (χ1) is 15.3. The van der Waals surface area contributed by atoms with Gasteiger partial charge in [0.05, 0.1) is 17.1 Å². The summed E-state index contributed by atoms with van der Waals surface area (Å²) >= 11 is 0. The van der Waals surface area contributed by atoms with Crippen molar-refractivity contribution in [2.24, 2.45) is 0 Å². The van der Waals surface area contributed by atoms with Gasteiger partial charge < -0.3 is 9.64 Å². The molecule has 0 bridgehead atoms. The van der Waals surface area contributed by atoms with Crippen molar-refractivity contribution in [2.75, 3.05) is 39.3 Å². The molecule has 0 aromatic heterocycles. The highest BCUT2D eigenvalue weighted by atomic mass is 32.2. The first-order valence-electron chi connectivity index (χ1n) is 11.1. The third-order valence-electron chi connectivity index (χ3n) is 6.01. The lowest BCUT2D eigenvalue weighted by atomic mass is 10.1. The largest absolute Gasteiger partial charge is 0.372 e. The summed E-state index contributed by atoms with van der Waals surface area (Å²) in [6.07, 6.45) is -0.0800. The molecule has 4 rings (SSSR count). The van der Waals surface area contributed by atoms with Crippen LogP contribution < -0.4 is 0 Å². The Morgan fingerprint density at radius 3 is 2.25 bits per heavy atom. The second kappa shape index (κ2) is 9.70. The second-order valence-corrected chi connectivity index (χ2v) is 10.6. The molecule has 0 spiro atoms. The van der Waals surface area contributed by atoms with Crippen LogP contribution in [-0.2, 0) is 21.3 Å². The van der Waals surface area contributed by atoms with Crippen molar-refractivity contribution < 1.29 is 17.9 Å². The Labute approximate surface area is 190 Å². The van der Waals surface area contributed by atoms with Crippen LogP contribution in [0.5, 0.6) is 0 Å². The van der Waals surface area contributed by atoms with Crippen molar-refractivity contribution in [1.29, 1.82) is 0 Å². The van der Waals surface area contributed by atoms with Crippen molar-refractivity contribution in [3.8, 4) is 0 Å². The molecule has 172 valence electrons. The normalized spacial score (nSPS) is 23.2. The van der Waals surface area contributed by atoms with Gasteiger partial charge in [0.25, 0.3) is 5.91 Å². The Kier molecular flexibility index (Phi) is 6.95. The van der Waals surface area contributed by atoms with Gasteiger partial charge in [-0.15, -0.1) is 0 Å². The van der Waals surface area contributed by atoms with E-state index in [2.05, 4.69) is 17.0 Å². The maximum atomic E-state index is 13.3. The number of ether oxygens (including phenoxy) is 1. The van der Waals surface area contributed by atoms with Gasteiger partial charge in [-0.2, -0.15) is 4.31 Å². The van der Waals surface area contributed by atoms with E-state index >= 15 is 0 Å². The van der Waals surface area contributed by atoms with E-state index in [1.54, 1.807) is 23.1 Å². The third kappa shape index (κ3) is 5.20. The van der Waals surface area contributed by atoms with Crippen LogP contribution in [0, 0.1) is 0 Å². The Balaban J connectivity index is 1.42. The maximum Gasteiger partial charge on any atom is 0.254 e. The standard InChI is InChI=1S/C24H31N3O4S/c1-19-16-26(17-20(2)31-19)24(28)22-9-6-10-23(15-22)32(29,30)27-13-11-25(12-14-27)18-21-7-4-3-5-8-21/h3-10,15,19-20H,11-14,16-18H2,1-2H3/t19-,20-/m0/s1. The van der Waals surface area contributed by atoms with Crippen LogP contribution in [0.2, 0.25) is 0 Å². The number of carbonyl (C=O) groups is 1. The number of morpholine rings is 1. The maximum absolute atomic E-state index is 13.3. The van der Waals surface area contributed by atoms with Crippen LogP contribution in [0.1, 0.15) is 29.8 Å². The molecule has 0 radical (unpaired) electrons. The van der Waals surface area contributed by atoms with E-state index in [1.807, 2.05) is 32.0 Å². The van der Waals surface area contributed by atoms with Crippen molar-refractivity contribution in [2.45, 2.75) is 37.5 Å². The van der Waals surface area contributed by atoms with E-state index in [4.69, 9.17) is 4.74 Å². The number of benzene rings is 2.